The number of hydrogen-bond donors (Lipinski definition) is 0. The maximum atomic E-state index is 11.8. The molecule has 0 aromatic heterocycles. The Hall–Kier alpha value is -1.11. The summed E-state index contributed by atoms with van der Waals surface area (Å²) in [5, 5.41) is 0. The Bertz CT molecular complexity index is 392. The summed E-state index contributed by atoms with van der Waals surface area (Å²) in [4.78, 5) is 11.8. The molecule has 86 valence electrons. The summed E-state index contributed by atoms with van der Waals surface area (Å²) in [5.41, 5.74) is 3.98. The van der Waals surface area contributed by atoms with Crippen LogP contribution in [0.5, 0.6) is 0 Å². The molecule has 1 unspecified atom stereocenters. The maximum Gasteiger partial charge on any atom is 0.136 e. The topological polar surface area (TPSA) is 17.1 Å². The summed E-state index contributed by atoms with van der Waals surface area (Å²) < 4.78 is 0. The third kappa shape index (κ3) is 2.52. The van der Waals surface area contributed by atoms with Crippen molar-refractivity contribution < 1.29 is 4.79 Å². The van der Waals surface area contributed by atoms with Gasteiger partial charge >= 0.3 is 0 Å². The summed E-state index contributed by atoms with van der Waals surface area (Å²) in [6.07, 6.45) is 5.16. The van der Waals surface area contributed by atoms with Crippen molar-refractivity contribution in [3.8, 4) is 0 Å². The number of ketones is 1. The molecule has 0 amide bonds. The van der Waals surface area contributed by atoms with Crippen LogP contribution in [0.2, 0.25) is 0 Å². The molecule has 1 atom stereocenters. The van der Waals surface area contributed by atoms with Crippen molar-refractivity contribution in [3.05, 3.63) is 34.9 Å². The van der Waals surface area contributed by atoms with Crippen LogP contribution in [0.3, 0.4) is 0 Å². The molecule has 1 fully saturated rings. The summed E-state index contributed by atoms with van der Waals surface area (Å²) in [6.45, 7) is 4.26. The van der Waals surface area contributed by atoms with Crippen molar-refractivity contribution in [1.29, 1.82) is 0 Å². The SMILES string of the molecule is Cc1ccc(C)c(CC2CCCCC2=O)c1. The molecule has 0 radical (unpaired) electrons. The van der Waals surface area contributed by atoms with Crippen LogP contribution in [0, 0.1) is 19.8 Å². The minimum atomic E-state index is 0.286. The molecule has 1 saturated carbocycles. The largest absolute Gasteiger partial charge is 0.299 e. The number of Topliss-reactive ketones (excluding diaryl/α,β-unsaturated/α-hetero) is 1. The quantitative estimate of drug-likeness (QED) is 0.738. The highest BCUT2D eigenvalue weighted by Crippen LogP contribution is 2.25. The van der Waals surface area contributed by atoms with E-state index >= 15 is 0 Å². The number of hydrogen-bond acceptors (Lipinski definition) is 1. The van der Waals surface area contributed by atoms with E-state index in [2.05, 4.69) is 32.0 Å². The smallest absolute Gasteiger partial charge is 0.136 e. The second-order valence-electron chi connectivity index (χ2n) is 5.04. The molecule has 0 aliphatic heterocycles. The average molecular weight is 216 g/mol. The van der Waals surface area contributed by atoms with E-state index in [1.165, 1.54) is 23.1 Å². The first-order valence-corrected chi connectivity index (χ1v) is 6.25. The van der Waals surface area contributed by atoms with Gasteiger partial charge in [0.2, 0.25) is 0 Å². The van der Waals surface area contributed by atoms with Gasteiger partial charge in [-0.25, -0.2) is 0 Å². The summed E-state index contributed by atoms with van der Waals surface area (Å²) in [7, 11) is 0. The van der Waals surface area contributed by atoms with Gasteiger partial charge in [-0.1, -0.05) is 30.2 Å². The van der Waals surface area contributed by atoms with Gasteiger partial charge in [0, 0.05) is 12.3 Å². The number of rotatable bonds is 2. The molecule has 1 aromatic rings. The molecule has 1 nitrogen and oxygen atoms in total. The van der Waals surface area contributed by atoms with Crippen molar-refractivity contribution in [2.24, 2.45) is 5.92 Å². The van der Waals surface area contributed by atoms with E-state index in [4.69, 9.17) is 0 Å². The van der Waals surface area contributed by atoms with Crippen molar-refractivity contribution >= 4 is 5.78 Å². The molecule has 0 N–H and O–H groups in total. The molecule has 0 heterocycles. The fourth-order valence-electron chi connectivity index (χ4n) is 2.56. The lowest BCUT2D eigenvalue weighted by Gasteiger charge is -2.21. The summed E-state index contributed by atoms with van der Waals surface area (Å²) >= 11 is 0. The minimum Gasteiger partial charge on any atom is -0.299 e. The van der Waals surface area contributed by atoms with E-state index < -0.39 is 0 Å². The fourth-order valence-corrected chi connectivity index (χ4v) is 2.56. The molecule has 1 aliphatic carbocycles. The van der Waals surface area contributed by atoms with E-state index in [0.717, 1.165) is 25.7 Å². The summed E-state index contributed by atoms with van der Waals surface area (Å²) in [5.74, 6) is 0.765. The van der Waals surface area contributed by atoms with Crippen LogP contribution in [0.4, 0.5) is 0 Å². The highest BCUT2D eigenvalue weighted by atomic mass is 16.1. The molecule has 0 spiro atoms. The van der Waals surface area contributed by atoms with Gasteiger partial charge in [0.25, 0.3) is 0 Å². The Morgan fingerprint density at radius 3 is 2.81 bits per heavy atom. The molecule has 16 heavy (non-hydrogen) atoms. The molecule has 1 aliphatic rings. The molecule has 1 aromatic carbocycles. The van der Waals surface area contributed by atoms with Crippen molar-refractivity contribution in [2.75, 3.05) is 0 Å². The highest BCUT2D eigenvalue weighted by Gasteiger charge is 2.22. The molecule has 0 saturated heterocycles. The Labute approximate surface area is 97.9 Å². The first-order valence-electron chi connectivity index (χ1n) is 6.25. The third-order valence-electron chi connectivity index (χ3n) is 3.65. The van der Waals surface area contributed by atoms with Gasteiger partial charge in [-0.2, -0.15) is 0 Å². The van der Waals surface area contributed by atoms with E-state index in [-0.39, 0.29) is 5.92 Å². The Morgan fingerprint density at radius 2 is 2.06 bits per heavy atom. The zero-order valence-electron chi connectivity index (χ0n) is 10.3. The Balaban J connectivity index is 2.13. The molecular formula is C15H20O. The Morgan fingerprint density at radius 1 is 1.25 bits per heavy atom. The lowest BCUT2D eigenvalue weighted by molar-refractivity contribution is -0.124. The van der Waals surface area contributed by atoms with Crippen LogP contribution in [-0.2, 0) is 11.2 Å². The highest BCUT2D eigenvalue weighted by molar-refractivity contribution is 5.81. The summed E-state index contributed by atoms with van der Waals surface area (Å²) in [6, 6.07) is 6.54. The van der Waals surface area contributed by atoms with Gasteiger partial charge in [0.15, 0.2) is 0 Å². The monoisotopic (exact) mass is 216 g/mol. The normalized spacial score (nSPS) is 21.1. The fraction of sp³-hybridized carbons (Fsp3) is 0.533. The van der Waals surface area contributed by atoms with Crippen LogP contribution < -0.4 is 0 Å². The number of carbonyl (C=O) groups excluding carboxylic acids is 1. The van der Waals surface area contributed by atoms with Crippen molar-refractivity contribution in [2.45, 2.75) is 46.0 Å². The predicted octanol–water partition coefficient (Wildman–Crippen LogP) is 3.61. The standard InChI is InChI=1S/C15H20O/c1-11-7-8-12(2)14(9-11)10-13-5-3-4-6-15(13)16/h7-9,13H,3-6,10H2,1-2H3. The number of carbonyl (C=O) groups is 1. The number of benzene rings is 1. The zero-order valence-corrected chi connectivity index (χ0v) is 10.3. The van der Waals surface area contributed by atoms with Gasteiger partial charge in [-0.15, -0.1) is 0 Å². The van der Waals surface area contributed by atoms with E-state index in [1.54, 1.807) is 0 Å². The van der Waals surface area contributed by atoms with Crippen LogP contribution in [0.1, 0.15) is 42.4 Å². The molecular weight excluding hydrogens is 196 g/mol. The predicted molar refractivity (Wildman–Crippen MR) is 66.6 cm³/mol. The third-order valence-corrected chi connectivity index (χ3v) is 3.65. The van der Waals surface area contributed by atoms with Gasteiger partial charge in [0.1, 0.15) is 5.78 Å². The lowest BCUT2D eigenvalue weighted by atomic mass is 9.82. The van der Waals surface area contributed by atoms with Crippen LogP contribution in [0.25, 0.3) is 0 Å². The zero-order chi connectivity index (χ0) is 11.5. The van der Waals surface area contributed by atoms with Gasteiger partial charge in [-0.3, -0.25) is 4.79 Å². The van der Waals surface area contributed by atoms with Gasteiger partial charge in [0.05, 0.1) is 0 Å². The molecule has 0 bridgehead atoms. The second-order valence-corrected chi connectivity index (χ2v) is 5.04. The first-order chi connectivity index (χ1) is 7.66. The van der Waals surface area contributed by atoms with Gasteiger partial charge in [-0.05, 0) is 44.2 Å². The van der Waals surface area contributed by atoms with Crippen LogP contribution in [-0.4, -0.2) is 5.78 Å². The van der Waals surface area contributed by atoms with Gasteiger partial charge < -0.3 is 0 Å². The number of aryl methyl sites for hydroxylation is 2. The molecule has 1 heteroatoms. The first kappa shape index (κ1) is 11.4. The minimum absolute atomic E-state index is 0.286. The average Bonchev–Trinajstić information content (AvgIpc) is 2.27. The second kappa shape index (κ2) is 4.82. The van der Waals surface area contributed by atoms with Crippen LogP contribution in [0.15, 0.2) is 18.2 Å². The van der Waals surface area contributed by atoms with E-state index in [1.807, 2.05) is 0 Å². The van der Waals surface area contributed by atoms with Crippen molar-refractivity contribution in [3.63, 3.8) is 0 Å². The van der Waals surface area contributed by atoms with E-state index in [9.17, 15) is 4.79 Å². The lowest BCUT2D eigenvalue weighted by Crippen LogP contribution is -2.21. The van der Waals surface area contributed by atoms with E-state index in [0.29, 0.717) is 5.78 Å². The molecule has 2 rings (SSSR count). The maximum absolute atomic E-state index is 11.8. The van der Waals surface area contributed by atoms with Crippen LogP contribution >= 0.6 is 0 Å². The Kier molecular flexibility index (Phi) is 3.42. The van der Waals surface area contributed by atoms with Crippen molar-refractivity contribution in [1.82, 2.24) is 0 Å².